The van der Waals surface area contributed by atoms with Crippen molar-refractivity contribution in [3.8, 4) is 0 Å². The predicted molar refractivity (Wildman–Crippen MR) is 104 cm³/mol. The molecular formula is C21H33N3O. The van der Waals surface area contributed by atoms with Gasteiger partial charge in [-0.1, -0.05) is 39.8 Å². The molecule has 0 aliphatic carbocycles. The van der Waals surface area contributed by atoms with Gasteiger partial charge in [-0.25, -0.2) is 4.79 Å². The number of nitrogens with zero attached hydrogens (tertiary/aromatic N) is 2. The highest BCUT2D eigenvalue weighted by Gasteiger charge is 2.34. The van der Waals surface area contributed by atoms with Gasteiger partial charge in [-0.2, -0.15) is 0 Å². The molecule has 2 aliphatic rings. The molecule has 0 saturated carbocycles. The van der Waals surface area contributed by atoms with E-state index in [1.54, 1.807) is 4.90 Å². The summed E-state index contributed by atoms with van der Waals surface area (Å²) in [5.41, 5.74) is 3.94. The van der Waals surface area contributed by atoms with Crippen molar-refractivity contribution in [1.29, 1.82) is 0 Å². The Morgan fingerprint density at radius 1 is 1.28 bits per heavy atom. The first kappa shape index (κ1) is 18.2. The molecule has 4 nitrogen and oxygen atoms in total. The molecule has 138 valence electrons. The van der Waals surface area contributed by atoms with Gasteiger partial charge in [0.05, 0.1) is 0 Å². The second-order valence-corrected chi connectivity index (χ2v) is 8.75. The van der Waals surface area contributed by atoms with Gasteiger partial charge in [0.15, 0.2) is 0 Å². The van der Waals surface area contributed by atoms with Crippen LogP contribution in [0.4, 0.5) is 10.5 Å². The maximum absolute atomic E-state index is 11.9. The Bertz CT molecular complexity index is 642. The average molecular weight is 344 g/mol. The van der Waals surface area contributed by atoms with E-state index in [0.717, 1.165) is 18.2 Å². The van der Waals surface area contributed by atoms with Crippen molar-refractivity contribution in [3.63, 3.8) is 0 Å². The van der Waals surface area contributed by atoms with Gasteiger partial charge in [0, 0.05) is 32.4 Å². The van der Waals surface area contributed by atoms with Crippen LogP contribution in [-0.4, -0.2) is 42.5 Å². The zero-order valence-corrected chi connectivity index (χ0v) is 16.4. The van der Waals surface area contributed by atoms with Crippen molar-refractivity contribution >= 4 is 11.7 Å². The third kappa shape index (κ3) is 3.84. The van der Waals surface area contributed by atoms with Crippen LogP contribution in [0.2, 0.25) is 0 Å². The maximum Gasteiger partial charge on any atom is 0.321 e. The van der Waals surface area contributed by atoms with E-state index in [4.69, 9.17) is 0 Å². The lowest BCUT2D eigenvalue weighted by molar-refractivity contribution is 0.0606. The highest BCUT2D eigenvalue weighted by molar-refractivity contribution is 5.92. The third-order valence-electron chi connectivity index (χ3n) is 6.43. The van der Waals surface area contributed by atoms with Gasteiger partial charge in [-0.3, -0.25) is 0 Å². The van der Waals surface area contributed by atoms with E-state index in [9.17, 15) is 4.79 Å². The van der Waals surface area contributed by atoms with Crippen LogP contribution in [0.5, 0.6) is 0 Å². The van der Waals surface area contributed by atoms with Gasteiger partial charge >= 0.3 is 6.03 Å². The lowest BCUT2D eigenvalue weighted by atomic mass is 9.73. The van der Waals surface area contributed by atoms with E-state index in [1.165, 1.54) is 37.1 Å². The summed E-state index contributed by atoms with van der Waals surface area (Å²) in [7, 11) is 1.83. The molecule has 1 fully saturated rings. The third-order valence-corrected chi connectivity index (χ3v) is 6.43. The minimum atomic E-state index is -0.0129. The molecule has 2 aliphatic heterocycles. The van der Waals surface area contributed by atoms with Crippen molar-refractivity contribution in [2.75, 3.05) is 32.0 Å². The Hall–Kier alpha value is -1.55. The quantitative estimate of drug-likeness (QED) is 0.872. The van der Waals surface area contributed by atoms with Gasteiger partial charge in [0.1, 0.15) is 0 Å². The number of rotatable bonds is 4. The number of carbonyl (C=O) groups excluding carboxylic acids is 1. The number of likely N-dealkylation sites (tertiary alicyclic amines) is 1. The number of fused-ring (bicyclic) bond motifs is 1. The first-order valence-corrected chi connectivity index (χ1v) is 9.66. The molecule has 0 spiro atoms. The van der Waals surface area contributed by atoms with Gasteiger partial charge in [-0.05, 0) is 53.8 Å². The first-order valence-electron chi connectivity index (χ1n) is 9.66. The molecule has 4 heteroatoms. The smallest absolute Gasteiger partial charge is 0.321 e. The van der Waals surface area contributed by atoms with E-state index in [1.807, 2.05) is 7.05 Å². The molecule has 3 rings (SSSR count). The number of hydrogen-bond acceptors (Lipinski definition) is 2. The summed E-state index contributed by atoms with van der Waals surface area (Å²) in [5.74, 6) is 1.19. The second kappa shape index (κ2) is 6.99. The van der Waals surface area contributed by atoms with E-state index >= 15 is 0 Å². The number of benzene rings is 1. The van der Waals surface area contributed by atoms with Crippen molar-refractivity contribution in [2.24, 2.45) is 11.3 Å². The number of nitrogens with one attached hydrogen (secondary N) is 1. The fourth-order valence-electron chi connectivity index (χ4n) is 4.19. The molecule has 0 radical (unpaired) electrons. The molecular weight excluding hydrogens is 310 g/mol. The minimum Gasteiger partial charge on any atom is -0.323 e. The first-order chi connectivity index (χ1) is 11.8. The highest BCUT2D eigenvalue weighted by atomic mass is 16.2. The molecule has 2 atom stereocenters. The predicted octanol–water partition coefficient (Wildman–Crippen LogP) is 4.53. The Kier molecular flexibility index (Phi) is 5.10. The van der Waals surface area contributed by atoms with Crippen LogP contribution in [0.15, 0.2) is 18.2 Å². The Labute approximate surface area is 152 Å². The summed E-state index contributed by atoms with van der Waals surface area (Å²) in [4.78, 5) is 16.2. The molecule has 1 N–H and O–H groups in total. The van der Waals surface area contributed by atoms with E-state index < -0.39 is 0 Å². The molecule has 1 saturated heterocycles. The number of hydrogen-bond donors (Lipinski definition) is 1. The van der Waals surface area contributed by atoms with Crippen molar-refractivity contribution in [3.05, 3.63) is 29.3 Å². The van der Waals surface area contributed by atoms with Crippen molar-refractivity contribution in [2.45, 2.75) is 53.0 Å². The van der Waals surface area contributed by atoms with Crippen molar-refractivity contribution < 1.29 is 4.79 Å². The van der Waals surface area contributed by atoms with Crippen LogP contribution in [0.25, 0.3) is 0 Å². The number of amides is 2. The van der Waals surface area contributed by atoms with Crippen LogP contribution in [-0.2, 0) is 6.54 Å². The lowest BCUT2D eigenvalue weighted by Crippen LogP contribution is -2.45. The zero-order chi connectivity index (χ0) is 18.2. The Balaban J connectivity index is 1.68. The lowest BCUT2D eigenvalue weighted by Gasteiger charge is -2.44. The van der Waals surface area contributed by atoms with Crippen LogP contribution in [0, 0.1) is 11.3 Å². The average Bonchev–Trinajstić information content (AvgIpc) is 2.55. The number of anilines is 1. The van der Waals surface area contributed by atoms with Crippen LogP contribution in [0.1, 0.15) is 57.6 Å². The maximum atomic E-state index is 11.9. The number of piperidine rings is 1. The van der Waals surface area contributed by atoms with E-state index in [0.29, 0.717) is 17.9 Å². The molecule has 1 aromatic carbocycles. The fourth-order valence-corrected chi connectivity index (χ4v) is 4.19. The standard InChI is InChI=1S/C21H33N3O/c1-15(2)21(4)9-6-10-24(14-21)12-16(3)17-7-8-18-13-23(5)20(25)22-19(18)11-17/h7-8,11,15-16H,6,9-10,12-14H2,1-5H3,(H,22,25). The summed E-state index contributed by atoms with van der Waals surface area (Å²) in [6, 6.07) is 6.57. The molecule has 1 aromatic rings. The molecule has 0 bridgehead atoms. The van der Waals surface area contributed by atoms with Gasteiger partial charge < -0.3 is 15.1 Å². The van der Waals surface area contributed by atoms with Crippen LogP contribution in [0.3, 0.4) is 0 Å². The topological polar surface area (TPSA) is 35.6 Å². The summed E-state index contributed by atoms with van der Waals surface area (Å²) < 4.78 is 0. The summed E-state index contributed by atoms with van der Waals surface area (Å²) in [6.45, 7) is 13.6. The van der Waals surface area contributed by atoms with Crippen LogP contribution < -0.4 is 5.32 Å². The number of carbonyl (C=O) groups is 1. The SMILES string of the molecule is CC(CN1CCCC(C)(C(C)C)C1)c1ccc2c(c1)NC(=O)N(C)C2. The van der Waals surface area contributed by atoms with Crippen LogP contribution >= 0.6 is 0 Å². The van der Waals surface area contributed by atoms with Gasteiger partial charge in [0.2, 0.25) is 0 Å². The molecule has 2 unspecified atom stereocenters. The largest absolute Gasteiger partial charge is 0.323 e. The number of urea groups is 1. The molecule has 25 heavy (non-hydrogen) atoms. The Morgan fingerprint density at radius 3 is 2.76 bits per heavy atom. The molecule has 0 aromatic heterocycles. The second-order valence-electron chi connectivity index (χ2n) is 8.75. The normalized spacial score (nSPS) is 25.7. The van der Waals surface area contributed by atoms with Crippen molar-refractivity contribution in [1.82, 2.24) is 9.80 Å². The monoisotopic (exact) mass is 343 g/mol. The highest BCUT2D eigenvalue weighted by Crippen LogP contribution is 2.37. The van der Waals surface area contributed by atoms with E-state index in [2.05, 4.69) is 56.1 Å². The van der Waals surface area contributed by atoms with Gasteiger partial charge in [-0.15, -0.1) is 0 Å². The fraction of sp³-hybridized carbons (Fsp3) is 0.667. The van der Waals surface area contributed by atoms with Gasteiger partial charge in [0.25, 0.3) is 0 Å². The molecule has 2 heterocycles. The summed E-state index contributed by atoms with van der Waals surface area (Å²) >= 11 is 0. The Morgan fingerprint density at radius 2 is 2.04 bits per heavy atom. The molecule has 2 amide bonds. The summed E-state index contributed by atoms with van der Waals surface area (Å²) in [5, 5.41) is 3.01. The zero-order valence-electron chi connectivity index (χ0n) is 16.4. The van der Waals surface area contributed by atoms with E-state index in [-0.39, 0.29) is 6.03 Å². The summed E-state index contributed by atoms with van der Waals surface area (Å²) in [6.07, 6.45) is 2.64. The minimum absolute atomic E-state index is 0.0129.